The van der Waals surface area contributed by atoms with Crippen LogP contribution >= 0.6 is 0 Å². The molecule has 0 spiro atoms. The highest BCUT2D eigenvalue weighted by Crippen LogP contribution is 2.40. The summed E-state index contributed by atoms with van der Waals surface area (Å²) in [5, 5.41) is 15.4. The van der Waals surface area contributed by atoms with Crippen LogP contribution < -0.4 is 15.0 Å². The van der Waals surface area contributed by atoms with Crippen LogP contribution in [0.4, 0.5) is 23.0 Å². The van der Waals surface area contributed by atoms with Gasteiger partial charge in [0.25, 0.3) is 5.69 Å². The van der Waals surface area contributed by atoms with Gasteiger partial charge in [0.2, 0.25) is 16.0 Å². The van der Waals surface area contributed by atoms with Gasteiger partial charge in [-0.1, -0.05) is 18.2 Å². The zero-order chi connectivity index (χ0) is 28.6. The first-order valence-electron chi connectivity index (χ1n) is 12.8. The molecular formula is C27H31N7O5S. The van der Waals surface area contributed by atoms with Gasteiger partial charge in [-0.3, -0.25) is 10.1 Å². The molecule has 0 bridgehead atoms. The summed E-state index contributed by atoms with van der Waals surface area (Å²) in [5.74, 6) is 0.569. The van der Waals surface area contributed by atoms with Crippen LogP contribution in [0.2, 0.25) is 0 Å². The van der Waals surface area contributed by atoms with Crippen LogP contribution in [0.25, 0.3) is 22.2 Å². The van der Waals surface area contributed by atoms with E-state index in [2.05, 4.69) is 15.3 Å². The fourth-order valence-electron chi connectivity index (χ4n) is 4.53. The Balaban J connectivity index is 1.52. The van der Waals surface area contributed by atoms with Crippen LogP contribution in [-0.4, -0.2) is 78.8 Å². The highest BCUT2D eigenvalue weighted by atomic mass is 32.2. The van der Waals surface area contributed by atoms with E-state index >= 15 is 0 Å². The number of hydrogen-bond donors (Lipinski definition) is 1. The van der Waals surface area contributed by atoms with Crippen molar-refractivity contribution in [2.45, 2.75) is 18.1 Å². The monoisotopic (exact) mass is 565 g/mol. The van der Waals surface area contributed by atoms with Crippen LogP contribution in [0.1, 0.15) is 12.8 Å². The van der Waals surface area contributed by atoms with E-state index in [1.807, 2.05) is 36.0 Å². The Labute approximate surface area is 232 Å². The Kier molecular flexibility index (Phi) is 7.34. The Bertz CT molecular complexity index is 1680. The Morgan fingerprint density at radius 2 is 1.90 bits per heavy atom. The molecular weight excluding hydrogens is 534 g/mol. The fraction of sp³-hybridized carbons (Fsp3) is 0.333. The van der Waals surface area contributed by atoms with Gasteiger partial charge in [0.1, 0.15) is 11.4 Å². The van der Waals surface area contributed by atoms with Gasteiger partial charge in [-0.05, 0) is 39.1 Å². The molecule has 1 N–H and O–H groups in total. The maximum absolute atomic E-state index is 13.1. The molecule has 0 saturated heterocycles. The molecule has 0 aliphatic heterocycles. The van der Waals surface area contributed by atoms with Crippen LogP contribution in [0, 0.1) is 10.1 Å². The van der Waals surface area contributed by atoms with Crippen molar-refractivity contribution in [2.75, 3.05) is 51.6 Å². The summed E-state index contributed by atoms with van der Waals surface area (Å²) in [6.07, 6.45) is 4.47. The molecule has 4 aromatic rings. The van der Waals surface area contributed by atoms with E-state index in [9.17, 15) is 18.5 Å². The molecule has 2 aromatic heterocycles. The molecule has 0 unspecified atom stereocenters. The van der Waals surface area contributed by atoms with E-state index in [1.165, 1.54) is 17.1 Å². The number of rotatable bonds is 11. The number of aromatic nitrogens is 3. The summed E-state index contributed by atoms with van der Waals surface area (Å²) in [6.45, 7) is 1.30. The molecule has 1 fully saturated rings. The standard InChI is InChI=1S/C27H31N7O5S/c1-31(2)13-14-32(3)24-16-26(39-4)22(15-25(24)34(35)36)30-27-28-12-11-21(29-27)20-17-33(40(37,38)18-9-10-18)23-8-6-5-7-19(20)23/h5-8,11-12,15-18H,9-10,13-14H2,1-4H3,(H,28,29,30). The second-order valence-electron chi connectivity index (χ2n) is 10.0. The van der Waals surface area contributed by atoms with Crippen molar-refractivity contribution >= 4 is 43.9 Å². The van der Waals surface area contributed by atoms with E-state index in [0.717, 1.165) is 11.9 Å². The molecule has 0 atom stereocenters. The number of fused-ring (bicyclic) bond motifs is 1. The van der Waals surface area contributed by atoms with E-state index < -0.39 is 14.9 Å². The third-order valence-corrected chi connectivity index (χ3v) is 9.03. The first kappa shape index (κ1) is 27.3. The average Bonchev–Trinajstić information content (AvgIpc) is 3.72. The van der Waals surface area contributed by atoms with E-state index in [4.69, 9.17) is 4.74 Å². The molecule has 210 valence electrons. The number of nitro benzene ring substituents is 1. The lowest BCUT2D eigenvalue weighted by Crippen LogP contribution is -2.28. The second-order valence-corrected chi connectivity index (χ2v) is 12.1. The van der Waals surface area contributed by atoms with Gasteiger partial charge in [0.15, 0.2) is 0 Å². The first-order chi connectivity index (χ1) is 19.1. The lowest BCUT2D eigenvalue weighted by atomic mass is 10.1. The number of anilines is 3. The molecule has 2 heterocycles. The van der Waals surface area contributed by atoms with Crippen LogP contribution in [0.5, 0.6) is 5.75 Å². The Hall–Kier alpha value is -4.23. The number of para-hydroxylation sites is 1. The number of nitro groups is 1. The van der Waals surface area contributed by atoms with Gasteiger partial charge in [-0.15, -0.1) is 0 Å². The molecule has 5 rings (SSSR count). The van der Waals surface area contributed by atoms with Gasteiger partial charge in [0.05, 0.1) is 34.2 Å². The van der Waals surface area contributed by atoms with Crippen molar-refractivity contribution in [3.05, 3.63) is 65.0 Å². The maximum Gasteiger partial charge on any atom is 0.294 e. The third-order valence-electron chi connectivity index (χ3n) is 6.86. The molecule has 2 aromatic carbocycles. The zero-order valence-corrected chi connectivity index (χ0v) is 23.6. The van der Waals surface area contributed by atoms with Gasteiger partial charge in [-0.2, -0.15) is 0 Å². The van der Waals surface area contributed by atoms with Gasteiger partial charge >= 0.3 is 0 Å². The zero-order valence-electron chi connectivity index (χ0n) is 22.7. The highest BCUT2D eigenvalue weighted by molar-refractivity contribution is 7.91. The number of likely N-dealkylation sites (N-methyl/N-ethyl adjacent to an activating group) is 2. The molecule has 1 aliphatic carbocycles. The topological polar surface area (TPSA) is 136 Å². The SMILES string of the molecule is COc1cc(N(C)CCN(C)C)c([N+](=O)[O-])cc1Nc1nccc(-c2cn(S(=O)(=O)C3CC3)c3ccccc23)n1. The van der Waals surface area contributed by atoms with Crippen molar-refractivity contribution in [3.8, 4) is 17.0 Å². The van der Waals surface area contributed by atoms with Crippen molar-refractivity contribution in [2.24, 2.45) is 0 Å². The van der Waals surface area contributed by atoms with Crippen molar-refractivity contribution in [3.63, 3.8) is 0 Å². The van der Waals surface area contributed by atoms with Crippen molar-refractivity contribution in [1.29, 1.82) is 0 Å². The number of hydrogen-bond acceptors (Lipinski definition) is 10. The fourth-order valence-corrected chi connectivity index (χ4v) is 6.27. The number of nitrogens with one attached hydrogen (secondary N) is 1. The van der Waals surface area contributed by atoms with Crippen molar-refractivity contribution in [1.82, 2.24) is 18.8 Å². The third kappa shape index (κ3) is 5.29. The molecule has 1 saturated carbocycles. The van der Waals surface area contributed by atoms with Crippen LogP contribution in [0.3, 0.4) is 0 Å². The average molecular weight is 566 g/mol. The largest absolute Gasteiger partial charge is 0.494 e. The summed E-state index contributed by atoms with van der Waals surface area (Å²) >= 11 is 0. The smallest absolute Gasteiger partial charge is 0.294 e. The second kappa shape index (κ2) is 10.7. The predicted molar refractivity (Wildman–Crippen MR) is 155 cm³/mol. The predicted octanol–water partition coefficient (Wildman–Crippen LogP) is 4.10. The quantitative estimate of drug-likeness (QED) is 0.209. The van der Waals surface area contributed by atoms with E-state index in [1.54, 1.807) is 43.7 Å². The Morgan fingerprint density at radius 1 is 1.15 bits per heavy atom. The van der Waals surface area contributed by atoms with Gasteiger partial charge < -0.3 is 19.9 Å². The summed E-state index contributed by atoms with van der Waals surface area (Å²) in [5.41, 5.74) is 2.40. The van der Waals surface area contributed by atoms with Crippen LogP contribution in [0.15, 0.2) is 54.9 Å². The lowest BCUT2D eigenvalue weighted by molar-refractivity contribution is -0.384. The number of benzene rings is 2. The maximum atomic E-state index is 13.1. The minimum atomic E-state index is -3.51. The minimum absolute atomic E-state index is 0.0888. The summed E-state index contributed by atoms with van der Waals surface area (Å²) in [6, 6.07) is 12.0. The molecule has 13 heteroatoms. The van der Waals surface area contributed by atoms with Crippen molar-refractivity contribution < 1.29 is 18.1 Å². The molecule has 0 amide bonds. The van der Waals surface area contributed by atoms with Gasteiger partial charge in [-0.25, -0.2) is 22.4 Å². The number of methoxy groups -OCH3 is 1. The normalized spacial score (nSPS) is 13.5. The Morgan fingerprint density at radius 3 is 2.58 bits per heavy atom. The van der Waals surface area contributed by atoms with E-state index in [-0.39, 0.29) is 16.9 Å². The van der Waals surface area contributed by atoms with Gasteiger partial charge in [0, 0.05) is 55.6 Å². The summed E-state index contributed by atoms with van der Waals surface area (Å²) in [7, 11) is 3.65. The highest BCUT2D eigenvalue weighted by Gasteiger charge is 2.38. The molecule has 0 radical (unpaired) electrons. The molecule has 12 nitrogen and oxygen atoms in total. The number of ether oxygens (including phenoxy) is 1. The molecule has 1 aliphatic rings. The minimum Gasteiger partial charge on any atom is -0.494 e. The van der Waals surface area contributed by atoms with E-state index in [0.29, 0.717) is 53.3 Å². The molecule has 40 heavy (non-hydrogen) atoms. The summed E-state index contributed by atoms with van der Waals surface area (Å²) < 4.78 is 33.1. The summed E-state index contributed by atoms with van der Waals surface area (Å²) in [4.78, 5) is 24.3. The lowest BCUT2D eigenvalue weighted by Gasteiger charge is -2.22. The first-order valence-corrected chi connectivity index (χ1v) is 14.3. The van der Waals surface area contributed by atoms with Crippen LogP contribution in [-0.2, 0) is 10.0 Å². The number of nitrogens with zero attached hydrogens (tertiary/aromatic N) is 6.